The Balaban J connectivity index is 2.12. The summed E-state index contributed by atoms with van der Waals surface area (Å²) in [5, 5.41) is 8.20. The van der Waals surface area contributed by atoms with Gasteiger partial charge in [-0.1, -0.05) is 13.8 Å². The molecule has 19 heavy (non-hydrogen) atoms. The molecule has 0 atom stereocenters. The van der Waals surface area contributed by atoms with Crippen LogP contribution in [0.4, 0.5) is 5.69 Å². The molecule has 1 aromatic rings. The van der Waals surface area contributed by atoms with Gasteiger partial charge in [0.05, 0.1) is 5.69 Å². The van der Waals surface area contributed by atoms with Gasteiger partial charge in [-0.15, -0.1) is 11.3 Å². The van der Waals surface area contributed by atoms with E-state index in [-0.39, 0.29) is 5.91 Å². The van der Waals surface area contributed by atoms with Gasteiger partial charge in [0, 0.05) is 31.6 Å². The van der Waals surface area contributed by atoms with Crippen molar-refractivity contribution in [1.29, 1.82) is 0 Å². The van der Waals surface area contributed by atoms with Crippen molar-refractivity contribution >= 4 is 22.9 Å². The molecule has 0 aliphatic rings. The fourth-order valence-electron chi connectivity index (χ4n) is 1.60. The van der Waals surface area contributed by atoms with Gasteiger partial charge in [-0.3, -0.25) is 4.79 Å². The predicted molar refractivity (Wildman–Crippen MR) is 80.6 cm³/mol. The summed E-state index contributed by atoms with van der Waals surface area (Å²) in [6.07, 6.45) is 1.01. The van der Waals surface area contributed by atoms with Gasteiger partial charge < -0.3 is 15.4 Å². The third-order valence-corrected chi connectivity index (χ3v) is 3.36. The normalized spacial score (nSPS) is 10.9. The van der Waals surface area contributed by atoms with Gasteiger partial charge in [0.15, 0.2) is 0 Å². The van der Waals surface area contributed by atoms with Crippen molar-refractivity contribution in [2.45, 2.75) is 33.7 Å². The van der Waals surface area contributed by atoms with Crippen molar-refractivity contribution < 1.29 is 9.53 Å². The number of hydrogen-bond acceptors (Lipinski definition) is 4. The van der Waals surface area contributed by atoms with Crippen molar-refractivity contribution in [2.75, 3.05) is 25.1 Å². The lowest BCUT2D eigenvalue weighted by molar-refractivity contribution is -0.114. The Hall–Kier alpha value is -0.910. The predicted octanol–water partition coefficient (Wildman–Crippen LogP) is 2.86. The summed E-state index contributed by atoms with van der Waals surface area (Å²) in [5.41, 5.74) is 0.918. The summed E-state index contributed by atoms with van der Waals surface area (Å²) in [5.74, 6) is 0.570. The Morgan fingerprint density at radius 3 is 2.95 bits per heavy atom. The Labute approximate surface area is 119 Å². The van der Waals surface area contributed by atoms with Gasteiger partial charge in [-0.2, -0.15) is 0 Å². The molecule has 1 aromatic heterocycles. The van der Waals surface area contributed by atoms with Crippen LogP contribution in [0.25, 0.3) is 0 Å². The number of hydrogen-bond donors (Lipinski definition) is 2. The highest BCUT2D eigenvalue weighted by molar-refractivity contribution is 7.10. The summed E-state index contributed by atoms with van der Waals surface area (Å²) in [6.45, 7) is 9.18. The lowest BCUT2D eigenvalue weighted by Gasteiger charge is -2.08. The lowest BCUT2D eigenvalue weighted by Crippen LogP contribution is -2.17. The Bertz CT molecular complexity index is 377. The number of carbonyl (C=O) groups excluding carboxylic acids is 1. The summed E-state index contributed by atoms with van der Waals surface area (Å²) < 4.78 is 5.51. The molecule has 0 aromatic carbocycles. The number of thiophene rings is 1. The number of nitrogens with one attached hydrogen (secondary N) is 2. The first kappa shape index (κ1) is 16.1. The van der Waals surface area contributed by atoms with Crippen LogP contribution in [0.15, 0.2) is 11.4 Å². The zero-order valence-electron chi connectivity index (χ0n) is 12.0. The number of ether oxygens (including phenoxy) is 1. The van der Waals surface area contributed by atoms with Crippen molar-refractivity contribution in [3.63, 3.8) is 0 Å². The van der Waals surface area contributed by atoms with Crippen LogP contribution >= 0.6 is 11.3 Å². The molecule has 0 saturated carbocycles. The summed E-state index contributed by atoms with van der Waals surface area (Å²) in [6, 6.07) is 1.94. The Morgan fingerprint density at radius 1 is 1.47 bits per heavy atom. The number of anilines is 1. The van der Waals surface area contributed by atoms with E-state index in [1.807, 2.05) is 11.4 Å². The van der Waals surface area contributed by atoms with Gasteiger partial charge >= 0.3 is 0 Å². The fraction of sp³-hybridized carbons (Fsp3) is 0.643. The zero-order chi connectivity index (χ0) is 14.1. The third kappa shape index (κ3) is 7.30. The molecule has 4 nitrogen and oxygen atoms in total. The van der Waals surface area contributed by atoms with Crippen molar-refractivity contribution in [3.05, 3.63) is 16.3 Å². The largest absolute Gasteiger partial charge is 0.381 e. The number of rotatable bonds is 9. The number of carbonyl (C=O) groups is 1. The van der Waals surface area contributed by atoms with Crippen LogP contribution in [0, 0.1) is 5.92 Å². The van der Waals surface area contributed by atoms with Crippen molar-refractivity contribution in [1.82, 2.24) is 5.32 Å². The summed E-state index contributed by atoms with van der Waals surface area (Å²) in [7, 11) is 0. The van der Waals surface area contributed by atoms with E-state index in [0.29, 0.717) is 5.92 Å². The second kappa shape index (κ2) is 9.07. The maximum absolute atomic E-state index is 11.0. The van der Waals surface area contributed by atoms with Crippen molar-refractivity contribution in [2.24, 2.45) is 5.92 Å². The van der Waals surface area contributed by atoms with Gasteiger partial charge in [0.25, 0.3) is 0 Å². The molecular formula is C14H24N2O2S. The highest BCUT2D eigenvalue weighted by atomic mass is 32.1. The van der Waals surface area contributed by atoms with Crippen LogP contribution in [0.2, 0.25) is 0 Å². The fourth-order valence-corrected chi connectivity index (χ4v) is 2.40. The van der Waals surface area contributed by atoms with E-state index in [1.165, 1.54) is 11.8 Å². The monoisotopic (exact) mass is 284 g/mol. The van der Waals surface area contributed by atoms with Crippen LogP contribution < -0.4 is 10.6 Å². The maximum Gasteiger partial charge on any atom is 0.221 e. The average molecular weight is 284 g/mol. The quantitative estimate of drug-likeness (QED) is 0.686. The number of amides is 1. The zero-order valence-corrected chi connectivity index (χ0v) is 12.8. The molecule has 1 amide bonds. The minimum absolute atomic E-state index is 0.0262. The molecule has 0 fully saturated rings. The molecule has 108 valence electrons. The van der Waals surface area contributed by atoms with E-state index in [2.05, 4.69) is 24.5 Å². The summed E-state index contributed by atoms with van der Waals surface area (Å²) >= 11 is 1.66. The second-order valence-electron chi connectivity index (χ2n) is 4.94. The van der Waals surface area contributed by atoms with Gasteiger partial charge in [-0.25, -0.2) is 0 Å². The molecule has 2 N–H and O–H groups in total. The first-order valence-electron chi connectivity index (χ1n) is 6.72. The maximum atomic E-state index is 11.0. The van der Waals surface area contributed by atoms with Crippen LogP contribution in [0.1, 0.15) is 32.1 Å². The van der Waals surface area contributed by atoms with Crippen LogP contribution in [0.5, 0.6) is 0 Å². The standard InChI is InChI=1S/C14H24N2O2S/c1-11(2)10-18-7-4-6-15-9-14-13(5-8-19-14)16-12(3)17/h5,8,11,15H,4,6-7,9-10H2,1-3H3,(H,16,17). The van der Waals surface area contributed by atoms with Crippen molar-refractivity contribution in [3.8, 4) is 0 Å². The Kier molecular flexibility index (Phi) is 7.70. The molecule has 0 aliphatic heterocycles. The van der Waals surface area contributed by atoms with Crippen LogP contribution in [-0.4, -0.2) is 25.7 Å². The molecular weight excluding hydrogens is 260 g/mol. The average Bonchev–Trinajstić information content (AvgIpc) is 2.74. The van der Waals surface area contributed by atoms with E-state index in [0.717, 1.165) is 38.4 Å². The minimum atomic E-state index is -0.0262. The molecule has 1 rings (SSSR count). The van der Waals surface area contributed by atoms with E-state index >= 15 is 0 Å². The lowest BCUT2D eigenvalue weighted by atomic mass is 10.2. The molecule has 0 saturated heterocycles. The smallest absolute Gasteiger partial charge is 0.221 e. The molecule has 0 unspecified atom stereocenters. The molecule has 0 aliphatic carbocycles. The van der Waals surface area contributed by atoms with Gasteiger partial charge in [0.1, 0.15) is 0 Å². The highest BCUT2D eigenvalue weighted by Crippen LogP contribution is 2.21. The summed E-state index contributed by atoms with van der Waals surface area (Å²) in [4.78, 5) is 12.2. The Morgan fingerprint density at radius 2 is 2.26 bits per heavy atom. The van der Waals surface area contributed by atoms with Crippen LogP contribution in [-0.2, 0) is 16.1 Å². The second-order valence-corrected chi connectivity index (χ2v) is 5.94. The van der Waals surface area contributed by atoms with Gasteiger partial charge in [-0.05, 0) is 30.3 Å². The van der Waals surface area contributed by atoms with Gasteiger partial charge in [0.2, 0.25) is 5.91 Å². The minimum Gasteiger partial charge on any atom is -0.381 e. The topological polar surface area (TPSA) is 50.4 Å². The van der Waals surface area contributed by atoms with Crippen LogP contribution in [0.3, 0.4) is 0 Å². The molecule has 0 radical (unpaired) electrons. The van der Waals surface area contributed by atoms with E-state index in [9.17, 15) is 4.79 Å². The first-order chi connectivity index (χ1) is 9.09. The SMILES string of the molecule is CC(=O)Nc1ccsc1CNCCCOCC(C)C. The highest BCUT2D eigenvalue weighted by Gasteiger charge is 2.04. The van der Waals surface area contributed by atoms with E-state index < -0.39 is 0 Å². The molecule has 5 heteroatoms. The molecule has 0 bridgehead atoms. The first-order valence-corrected chi connectivity index (χ1v) is 7.60. The molecule has 1 heterocycles. The van der Waals surface area contributed by atoms with E-state index in [1.54, 1.807) is 11.3 Å². The third-order valence-electron chi connectivity index (χ3n) is 2.44. The van der Waals surface area contributed by atoms with E-state index in [4.69, 9.17) is 4.74 Å². The molecule has 0 spiro atoms.